The number of nitrogens with zero attached hydrogens (tertiary/aromatic N) is 2. The van der Waals surface area contributed by atoms with Crippen LogP contribution >= 0.6 is 0 Å². The number of rotatable bonds is 17. The first-order valence-electron chi connectivity index (χ1n) is 15.9. The number of hydrogen-bond donors (Lipinski definition) is 3. The smallest absolute Gasteiger partial charge is 0.241 e. The van der Waals surface area contributed by atoms with Gasteiger partial charge >= 0.3 is 0 Å². The summed E-state index contributed by atoms with van der Waals surface area (Å²) in [4.78, 5) is 28.8. The number of quaternary nitrogens is 1. The number of amides is 1. The second-order valence-corrected chi connectivity index (χ2v) is 12.4. The molecule has 0 saturated carbocycles. The zero-order chi connectivity index (χ0) is 30.5. The van der Waals surface area contributed by atoms with Gasteiger partial charge in [-0.3, -0.25) is 14.5 Å². The second kappa shape index (κ2) is 16.9. The van der Waals surface area contributed by atoms with Gasteiger partial charge in [-0.15, -0.1) is 0 Å². The Morgan fingerprint density at radius 1 is 0.833 bits per heavy atom. The van der Waals surface area contributed by atoms with Crippen LogP contribution in [0.4, 0.5) is 5.69 Å². The molecule has 2 aromatic rings. The molecule has 3 N–H and O–H groups in total. The second-order valence-electron chi connectivity index (χ2n) is 12.4. The first-order valence-corrected chi connectivity index (χ1v) is 15.9. The number of carbonyl (C=O) groups is 2. The third-order valence-corrected chi connectivity index (χ3v) is 9.15. The van der Waals surface area contributed by atoms with E-state index in [9.17, 15) is 19.8 Å². The van der Waals surface area contributed by atoms with Gasteiger partial charge in [-0.2, -0.15) is 0 Å². The number of piperidine rings is 1. The van der Waals surface area contributed by atoms with Gasteiger partial charge in [-0.25, -0.2) is 0 Å². The van der Waals surface area contributed by atoms with Crippen LogP contribution in [0.1, 0.15) is 72.8 Å². The van der Waals surface area contributed by atoms with Crippen LogP contribution in [0.3, 0.4) is 0 Å². The molecule has 1 aliphatic rings. The highest BCUT2D eigenvalue weighted by Gasteiger charge is 2.31. The van der Waals surface area contributed by atoms with Crippen molar-refractivity contribution in [1.82, 2.24) is 4.90 Å². The number of anilines is 1. The molecular formula is C35H54N3O4+. The summed E-state index contributed by atoms with van der Waals surface area (Å²) in [6.45, 7) is 12.1. The molecule has 0 aromatic heterocycles. The van der Waals surface area contributed by atoms with Gasteiger partial charge in [0.15, 0.2) is 5.78 Å². The highest BCUT2D eigenvalue weighted by atomic mass is 16.3. The van der Waals surface area contributed by atoms with Crippen molar-refractivity contribution in [3.05, 3.63) is 64.2 Å². The molecule has 3 rings (SSSR count). The first kappa shape index (κ1) is 33.9. The Morgan fingerprint density at radius 3 is 2.05 bits per heavy atom. The molecule has 2 aromatic carbocycles. The number of aryl methyl sites for hydroxylation is 4. The normalized spacial score (nSPS) is 16.0. The van der Waals surface area contributed by atoms with Crippen LogP contribution in [0.2, 0.25) is 0 Å². The Labute approximate surface area is 253 Å². The predicted molar refractivity (Wildman–Crippen MR) is 171 cm³/mol. The number of ketones is 1. The van der Waals surface area contributed by atoms with Crippen molar-refractivity contribution >= 4 is 17.4 Å². The van der Waals surface area contributed by atoms with Crippen molar-refractivity contribution < 1.29 is 24.3 Å². The van der Waals surface area contributed by atoms with E-state index >= 15 is 0 Å². The monoisotopic (exact) mass is 580 g/mol. The lowest BCUT2D eigenvalue weighted by molar-refractivity contribution is -0.921. The summed E-state index contributed by atoms with van der Waals surface area (Å²) in [5, 5.41) is 22.9. The minimum Gasteiger partial charge on any atom is -0.391 e. The lowest BCUT2D eigenvalue weighted by Crippen LogP contribution is -2.55. The number of para-hydroxylation sites is 1. The SMILES string of the molecule is Cc1cccc(C)c1CC(=O)C[N+](CCO)(CCO)CCCCCCN1CCCCC1C(=O)Nc1c(C)cccc1C. The number of aliphatic hydroxyl groups is 2. The maximum Gasteiger partial charge on any atom is 0.241 e. The predicted octanol–water partition coefficient (Wildman–Crippen LogP) is 4.89. The minimum absolute atomic E-state index is 0.00286. The molecule has 1 atom stereocenters. The number of aliphatic hydroxyl groups excluding tert-OH is 2. The van der Waals surface area contributed by atoms with Gasteiger partial charge in [-0.1, -0.05) is 49.2 Å². The average molecular weight is 581 g/mol. The van der Waals surface area contributed by atoms with Crippen molar-refractivity contribution in [2.45, 2.75) is 85.1 Å². The molecule has 1 heterocycles. The van der Waals surface area contributed by atoms with Crippen LogP contribution in [0.5, 0.6) is 0 Å². The molecule has 0 aliphatic carbocycles. The fourth-order valence-corrected chi connectivity index (χ4v) is 6.64. The van der Waals surface area contributed by atoms with Gasteiger partial charge in [-0.05, 0) is 101 Å². The summed E-state index contributed by atoms with van der Waals surface area (Å²) in [6.07, 6.45) is 7.54. The van der Waals surface area contributed by atoms with Gasteiger partial charge in [0, 0.05) is 12.1 Å². The highest BCUT2D eigenvalue weighted by Crippen LogP contribution is 2.24. The number of unbranched alkanes of at least 4 members (excludes halogenated alkanes) is 3. The Balaban J connectivity index is 1.49. The standard InChI is InChI=1S/C35H53N3O4/c1-27-13-11-14-28(2)32(27)25-31(41)26-38(21-23-39,22-24-40)20-10-6-5-8-18-37-19-9-7-17-33(37)35(42)36-34-29(3)15-12-16-30(34)4/h11-16,33,39-40H,5-10,17-26H2,1-4H3/p+1. The quantitative estimate of drug-likeness (QED) is 0.183. The molecule has 1 saturated heterocycles. The Morgan fingerprint density at radius 2 is 1.43 bits per heavy atom. The van der Waals surface area contributed by atoms with Crippen LogP contribution in [0, 0.1) is 27.7 Å². The van der Waals surface area contributed by atoms with Crippen LogP contribution in [-0.2, 0) is 16.0 Å². The van der Waals surface area contributed by atoms with Gasteiger partial charge < -0.3 is 20.0 Å². The number of benzene rings is 2. The summed E-state index contributed by atoms with van der Waals surface area (Å²) >= 11 is 0. The van der Waals surface area contributed by atoms with E-state index in [1.807, 2.05) is 64.1 Å². The highest BCUT2D eigenvalue weighted by molar-refractivity contribution is 5.96. The van der Waals surface area contributed by atoms with Gasteiger partial charge in [0.1, 0.15) is 19.6 Å². The molecule has 42 heavy (non-hydrogen) atoms. The summed E-state index contributed by atoms with van der Waals surface area (Å²) in [7, 11) is 0. The van der Waals surface area contributed by atoms with Crippen LogP contribution in [-0.4, -0.2) is 89.8 Å². The summed E-state index contributed by atoms with van der Waals surface area (Å²) < 4.78 is 0.434. The number of carbonyl (C=O) groups excluding carboxylic acids is 2. The number of hydrogen-bond acceptors (Lipinski definition) is 5. The number of likely N-dealkylation sites (tertiary alicyclic amines) is 1. The van der Waals surface area contributed by atoms with Gasteiger partial charge in [0.25, 0.3) is 0 Å². The van der Waals surface area contributed by atoms with Crippen molar-refractivity contribution in [1.29, 1.82) is 0 Å². The van der Waals surface area contributed by atoms with E-state index in [0.29, 0.717) is 30.5 Å². The minimum atomic E-state index is -0.0842. The molecule has 1 aliphatic heterocycles. The van der Waals surface area contributed by atoms with E-state index in [2.05, 4.69) is 10.2 Å². The van der Waals surface area contributed by atoms with E-state index in [1.54, 1.807) is 0 Å². The molecule has 0 spiro atoms. The van der Waals surface area contributed by atoms with Crippen LogP contribution in [0.25, 0.3) is 0 Å². The van der Waals surface area contributed by atoms with E-state index in [4.69, 9.17) is 0 Å². The van der Waals surface area contributed by atoms with E-state index in [0.717, 1.165) is 98.1 Å². The molecule has 7 nitrogen and oxygen atoms in total. The molecule has 0 bridgehead atoms. The van der Waals surface area contributed by atoms with Crippen LogP contribution < -0.4 is 5.32 Å². The first-order chi connectivity index (χ1) is 20.2. The number of nitrogens with one attached hydrogen (secondary N) is 1. The lowest BCUT2D eigenvalue weighted by Gasteiger charge is -2.37. The lowest BCUT2D eigenvalue weighted by atomic mass is 9.97. The van der Waals surface area contributed by atoms with Crippen molar-refractivity contribution in [3.8, 4) is 0 Å². The Kier molecular flexibility index (Phi) is 13.6. The fraction of sp³-hybridized carbons (Fsp3) is 0.600. The fourth-order valence-electron chi connectivity index (χ4n) is 6.64. The third kappa shape index (κ3) is 9.73. The van der Waals surface area contributed by atoms with Gasteiger partial charge in [0.2, 0.25) is 5.91 Å². The summed E-state index contributed by atoms with van der Waals surface area (Å²) in [5.74, 6) is 0.261. The molecule has 1 amide bonds. The van der Waals surface area contributed by atoms with E-state index in [1.165, 1.54) is 0 Å². The van der Waals surface area contributed by atoms with Gasteiger partial charge in [0.05, 0.1) is 25.8 Å². The molecular weight excluding hydrogens is 526 g/mol. The Bertz CT molecular complexity index is 1120. The summed E-state index contributed by atoms with van der Waals surface area (Å²) in [5.41, 5.74) is 6.47. The van der Waals surface area contributed by atoms with Crippen LogP contribution in [0.15, 0.2) is 36.4 Å². The van der Waals surface area contributed by atoms with Crippen molar-refractivity contribution in [2.24, 2.45) is 0 Å². The maximum atomic E-state index is 13.3. The molecule has 0 radical (unpaired) electrons. The zero-order valence-corrected chi connectivity index (χ0v) is 26.5. The number of Topliss-reactive ketones (excluding diaryl/α,β-unsaturated/α-hetero) is 1. The van der Waals surface area contributed by atoms with Crippen molar-refractivity contribution in [3.63, 3.8) is 0 Å². The van der Waals surface area contributed by atoms with E-state index in [-0.39, 0.29) is 30.9 Å². The average Bonchev–Trinajstić information content (AvgIpc) is 2.95. The molecule has 232 valence electrons. The molecule has 7 heteroatoms. The molecule has 1 fully saturated rings. The topological polar surface area (TPSA) is 89.9 Å². The summed E-state index contributed by atoms with van der Waals surface area (Å²) in [6, 6.07) is 12.1. The zero-order valence-electron chi connectivity index (χ0n) is 26.5. The largest absolute Gasteiger partial charge is 0.391 e. The van der Waals surface area contributed by atoms with E-state index < -0.39 is 0 Å². The Hall–Kier alpha value is -2.58. The molecule has 1 unspecified atom stereocenters. The third-order valence-electron chi connectivity index (χ3n) is 9.15. The maximum absolute atomic E-state index is 13.3. The van der Waals surface area contributed by atoms with Crippen molar-refractivity contribution in [2.75, 3.05) is 57.8 Å².